The molecule has 0 atom stereocenters. The fourth-order valence-electron chi connectivity index (χ4n) is 3.76. The SMILES string of the molecule is Cc1cccc(C=NNc2nc(OCCN3CCOCC3)c(F)c(N3CCOCC3)c2F)c1. The van der Waals surface area contributed by atoms with Gasteiger partial charge in [-0.1, -0.05) is 29.8 Å². The molecular formula is C23H29F2N5O3. The first-order valence-corrected chi connectivity index (χ1v) is 11.1. The van der Waals surface area contributed by atoms with E-state index in [0.717, 1.165) is 24.2 Å². The number of hydrogen-bond acceptors (Lipinski definition) is 8. The lowest BCUT2D eigenvalue weighted by molar-refractivity contribution is 0.0317. The van der Waals surface area contributed by atoms with Gasteiger partial charge >= 0.3 is 0 Å². The molecule has 0 spiro atoms. The quantitative estimate of drug-likeness (QED) is 0.479. The molecule has 10 heteroatoms. The second-order valence-corrected chi connectivity index (χ2v) is 7.93. The molecule has 0 aliphatic carbocycles. The molecule has 0 unspecified atom stereocenters. The van der Waals surface area contributed by atoms with Crippen LogP contribution in [0.15, 0.2) is 29.4 Å². The van der Waals surface area contributed by atoms with Crippen LogP contribution < -0.4 is 15.1 Å². The van der Waals surface area contributed by atoms with Crippen LogP contribution in [0.2, 0.25) is 0 Å². The highest BCUT2D eigenvalue weighted by Crippen LogP contribution is 2.34. The first-order valence-electron chi connectivity index (χ1n) is 11.1. The van der Waals surface area contributed by atoms with Crippen molar-refractivity contribution >= 4 is 17.7 Å². The molecular weight excluding hydrogens is 432 g/mol. The third-order valence-corrected chi connectivity index (χ3v) is 5.53. The van der Waals surface area contributed by atoms with E-state index in [4.69, 9.17) is 14.2 Å². The number of halogens is 2. The summed E-state index contributed by atoms with van der Waals surface area (Å²) in [6, 6.07) is 7.70. The standard InChI is InChI=1S/C23H29F2N5O3/c1-17-3-2-4-18(15-17)16-26-28-22-19(24)21(30-8-12-32-13-9-30)20(25)23(27-22)33-14-7-29-5-10-31-11-6-29/h2-4,15-16H,5-14H2,1H3,(H,27,28). The van der Waals surface area contributed by atoms with E-state index in [9.17, 15) is 0 Å². The highest BCUT2D eigenvalue weighted by Gasteiger charge is 2.27. The summed E-state index contributed by atoms with van der Waals surface area (Å²) >= 11 is 0. The minimum Gasteiger partial charge on any atom is -0.474 e. The Hall–Kier alpha value is -2.82. The average Bonchev–Trinajstić information content (AvgIpc) is 2.83. The molecule has 2 saturated heterocycles. The van der Waals surface area contributed by atoms with Crippen molar-refractivity contribution in [2.75, 3.05) is 76.1 Å². The molecule has 0 amide bonds. The minimum atomic E-state index is -0.815. The van der Waals surface area contributed by atoms with Crippen LogP contribution in [0, 0.1) is 18.6 Å². The van der Waals surface area contributed by atoms with Crippen molar-refractivity contribution in [3.05, 3.63) is 47.0 Å². The van der Waals surface area contributed by atoms with Gasteiger partial charge in [0.25, 0.3) is 5.88 Å². The average molecular weight is 462 g/mol. The largest absolute Gasteiger partial charge is 0.474 e. The molecule has 1 aromatic carbocycles. The van der Waals surface area contributed by atoms with Gasteiger partial charge in [0.2, 0.25) is 5.82 Å². The van der Waals surface area contributed by atoms with Crippen molar-refractivity contribution < 1.29 is 23.0 Å². The maximum Gasteiger partial charge on any atom is 0.254 e. The molecule has 0 saturated carbocycles. The van der Waals surface area contributed by atoms with Crippen LogP contribution >= 0.6 is 0 Å². The normalized spacial score (nSPS) is 17.5. The van der Waals surface area contributed by atoms with Crippen molar-refractivity contribution in [2.45, 2.75) is 6.92 Å². The number of ether oxygens (including phenoxy) is 3. The number of nitrogens with one attached hydrogen (secondary N) is 1. The van der Waals surface area contributed by atoms with E-state index in [2.05, 4.69) is 20.4 Å². The number of rotatable bonds is 8. The van der Waals surface area contributed by atoms with Crippen LogP contribution in [-0.4, -0.2) is 81.9 Å². The van der Waals surface area contributed by atoms with Crippen molar-refractivity contribution in [1.29, 1.82) is 0 Å². The van der Waals surface area contributed by atoms with Gasteiger partial charge in [-0.05, 0) is 12.5 Å². The van der Waals surface area contributed by atoms with Crippen molar-refractivity contribution in [3.63, 3.8) is 0 Å². The molecule has 178 valence electrons. The number of morpholine rings is 2. The number of hydrazone groups is 1. The molecule has 1 N–H and O–H groups in total. The molecule has 1 aromatic heterocycles. The molecule has 2 fully saturated rings. The summed E-state index contributed by atoms with van der Waals surface area (Å²) in [5, 5.41) is 4.10. The van der Waals surface area contributed by atoms with Gasteiger partial charge in [-0.15, -0.1) is 0 Å². The van der Waals surface area contributed by atoms with Gasteiger partial charge in [0.1, 0.15) is 12.3 Å². The van der Waals surface area contributed by atoms with E-state index in [1.165, 1.54) is 0 Å². The van der Waals surface area contributed by atoms with Gasteiger partial charge in [0.05, 0.1) is 32.6 Å². The number of benzene rings is 1. The van der Waals surface area contributed by atoms with Gasteiger partial charge in [-0.3, -0.25) is 10.3 Å². The van der Waals surface area contributed by atoms with Crippen molar-refractivity contribution in [3.8, 4) is 5.88 Å². The third-order valence-electron chi connectivity index (χ3n) is 5.53. The summed E-state index contributed by atoms with van der Waals surface area (Å²) in [5.41, 5.74) is 4.37. The van der Waals surface area contributed by atoms with Crippen LogP contribution in [0.25, 0.3) is 0 Å². The fraction of sp³-hybridized carbons (Fsp3) is 0.478. The lowest BCUT2D eigenvalue weighted by Gasteiger charge is -2.30. The Balaban J connectivity index is 1.53. The number of nitrogens with zero attached hydrogens (tertiary/aromatic N) is 4. The topological polar surface area (TPSA) is 71.5 Å². The number of anilines is 2. The number of pyridine rings is 1. The monoisotopic (exact) mass is 461 g/mol. The van der Waals surface area contributed by atoms with Crippen LogP contribution in [0.3, 0.4) is 0 Å². The van der Waals surface area contributed by atoms with E-state index < -0.39 is 11.6 Å². The lowest BCUT2D eigenvalue weighted by Crippen LogP contribution is -2.39. The Morgan fingerprint density at radius 3 is 2.55 bits per heavy atom. The van der Waals surface area contributed by atoms with E-state index >= 15 is 8.78 Å². The molecule has 2 aromatic rings. The molecule has 2 aliphatic rings. The Bertz CT molecular complexity index is 963. The number of aromatic nitrogens is 1. The Kier molecular flexibility index (Phi) is 8.03. The smallest absolute Gasteiger partial charge is 0.254 e. The Labute approximate surface area is 192 Å². The molecule has 33 heavy (non-hydrogen) atoms. The maximum atomic E-state index is 15.3. The summed E-state index contributed by atoms with van der Waals surface area (Å²) in [6.45, 7) is 7.24. The molecule has 4 rings (SSSR count). The first-order chi connectivity index (χ1) is 16.1. The number of aryl methyl sites for hydroxylation is 1. The van der Waals surface area contributed by atoms with Crippen LogP contribution in [0.4, 0.5) is 20.3 Å². The van der Waals surface area contributed by atoms with E-state index in [-0.39, 0.29) is 24.0 Å². The lowest BCUT2D eigenvalue weighted by atomic mass is 10.2. The van der Waals surface area contributed by atoms with Gasteiger partial charge < -0.3 is 19.1 Å². The zero-order valence-corrected chi connectivity index (χ0v) is 18.7. The minimum absolute atomic E-state index is 0.178. The zero-order valence-electron chi connectivity index (χ0n) is 18.7. The van der Waals surface area contributed by atoms with Crippen molar-refractivity contribution in [1.82, 2.24) is 9.88 Å². The van der Waals surface area contributed by atoms with Gasteiger partial charge in [-0.2, -0.15) is 14.5 Å². The van der Waals surface area contributed by atoms with Crippen LogP contribution in [0.1, 0.15) is 11.1 Å². The molecule has 0 radical (unpaired) electrons. The second-order valence-electron chi connectivity index (χ2n) is 7.93. The summed E-state index contributed by atoms with van der Waals surface area (Å²) in [7, 11) is 0. The third kappa shape index (κ3) is 6.16. The molecule has 8 nitrogen and oxygen atoms in total. The predicted octanol–water partition coefficient (Wildman–Crippen LogP) is 2.66. The Morgan fingerprint density at radius 2 is 1.82 bits per heavy atom. The van der Waals surface area contributed by atoms with E-state index in [0.29, 0.717) is 46.1 Å². The van der Waals surface area contributed by atoms with E-state index in [1.807, 2.05) is 31.2 Å². The summed E-state index contributed by atoms with van der Waals surface area (Å²) < 4.78 is 46.9. The van der Waals surface area contributed by atoms with Gasteiger partial charge in [-0.25, -0.2) is 4.39 Å². The highest BCUT2D eigenvalue weighted by molar-refractivity contribution is 5.80. The molecule has 3 heterocycles. The highest BCUT2D eigenvalue weighted by atomic mass is 19.1. The molecule has 2 aliphatic heterocycles. The van der Waals surface area contributed by atoms with E-state index in [1.54, 1.807) is 11.1 Å². The first kappa shape index (κ1) is 23.3. The fourth-order valence-corrected chi connectivity index (χ4v) is 3.76. The van der Waals surface area contributed by atoms with Gasteiger partial charge in [0.15, 0.2) is 11.6 Å². The zero-order chi connectivity index (χ0) is 23.0. The number of hydrogen-bond donors (Lipinski definition) is 1. The van der Waals surface area contributed by atoms with Crippen molar-refractivity contribution in [2.24, 2.45) is 5.10 Å². The predicted molar refractivity (Wildman–Crippen MR) is 122 cm³/mol. The summed E-state index contributed by atoms with van der Waals surface area (Å²) in [5.74, 6) is -2.07. The summed E-state index contributed by atoms with van der Waals surface area (Å²) in [6.07, 6.45) is 1.56. The molecule has 0 bridgehead atoms. The van der Waals surface area contributed by atoms with Crippen LogP contribution in [-0.2, 0) is 9.47 Å². The summed E-state index contributed by atoms with van der Waals surface area (Å²) in [4.78, 5) is 7.84. The van der Waals surface area contributed by atoms with Crippen LogP contribution in [0.5, 0.6) is 5.88 Å². The second kappa shape index (κ2) is 11.4. The Morgan fingerprint density at radius 1 is 1.09 bits per heavy atom. The maximum absolute atomic E-state index is 15.3. The van der Waals surface area contributed by atoms with Gasteiger partial charge in [0, 0.05) is 32.7 Å².